The van der Waals surface area contributed by atoms with E-state index in [-0.39, 0.29) is 5.69 Å². The first-order valence-electron chi connectivity index (χ1n) is 6.29. The van der Waals surface area contributed by atoms with Gasteiger partial charge in [-0.3, -0.25) is 15.1 Å². The number of nitro groups is 1. The molecule has 0 radical (unpaired) electrons. The van der Waals surface area contributed by atoms with Crippen molar-refractivity contribution in [2.24, 2.45) is 0 Å². The number of rotatable bonds is 3. The van der Waals surface area contributed by atoms with E-state index in [4.69, 9.17) is 5.73 Å². The van der Waals surface area contributed by atoms with Crippen LogP contribution in [0.25, 0.3) is 10.8 Å². The minimum absolute atomic E-state index is 0.0300. The lowest BCUT2D eigenvalue weighted by Gasteiger charge is -2.11. The van der Waals surface area contributed by atoms with E-state index in [9.17, 15) is 10.1 Å². The SMILES string of the molecule is Nc1cc([N+](=O)[O-])ccc1Nc1cccc2ccncc12. The van der Waals surface area contributed by atoms with Crippen LogP contribution >= 0.6 is 0 Å². The molecule has 3 N–H and O–H groups in total. The number of hydrogen-bond donors (Lipinski definition) is 2. The van der Waals surface area contributed by atoms with E-state index in [1.54, 1.807) is 18.5 Å². The third-order valence-corrected chi connectivity index (χ3v) is 3.20. The molecule has 104 valence electrons. The van der Waals surface area contributed by atoms with Crippen LogP contribution in [-0.4, -0.2) is 9.91 Å². The van der Waals surface area contributed by atoms with Gasteiger partial charge in [-0.05, 0) is 23.6 Å². The number of nitrogen functional groups attached to an aromatic ring is 1. The molecular formula is C15H12N4O2. The lowest BCUT2D eigenvalue weighted by molar-refractivity contribution is -0.384. The highest BCUT2D eigenvalue weighted by molar-refractivity contribution is 5.95. The first-order chi connectivity index (χ1) is 10.1. The number of nitrogens with one attached hydrogen (secondary N) is 1. The number of aromatic nitrogens is 1. The molecule has 0 bridgehead atoms. The monoisotopic (exact) mass is 280 g/mol. The smallest absolute Gasteiger partial charge is 0.271 e. The third kappa shape index (κ3) is 2.46. The first kappa shape index (κ1) is 12.9. The number of benzene rings is 2. The van der Waals surface area contributed by atoms with E-state index in [2.05, 4.69) is 10.3 Å². The highest BCUT2D eigenvalue weighted by atomic mass is 16.6. The van der Waals surface area contributed by atoms with Crippen LogP contribution in [0.4, 0.5) is 22.7 Å². The molecule has 0 amide bonds. The Bertz CT molecular complexity index is 828. The van der Waals surface area contributed by atoms with E-state index < -0.39 is 4.92 Å². The molecule has 2 aromatic carbocycles. The van der Waals surface area contributed by atoms with E-state index in [0.717, 1.165) is 16.5 Å². The summed E-state index contributed by atoms with van der Waals surface area (Å²) >= 11 is 0. The van der Waals surface area contributed by atoms with Crippen LogP contribution in [0.5, 0.6) is 0 Å². The van der Waals surface area contributed by atoms with Gasteiger partial charge >= 0.3 is 0 Å². The van der Waals surface area contributed by atoms with Gasteiger partial charge in [-0.25, -0.2) is 0 Å². The number of hydrogen-bond acceptors (Lipinski definition) is 5. The van der Waals surface area contributed by atoms with E-state index in [1.807, 2.05) is 24.3 Å². The number of fused-ring (bicyclic) bond motifs is 1. The van der Waals surface area contributed by atoms with Crippen LogP contribution in [0.2, 0.25) is 0 Å². The molecule has 0 unspecified atom stereocenters. The Morgan fingerprint density at radius 3 is 2.76 bits per heavy atom. The summed E-state index contributed by atoms with van der Waals surface area (Å²) in [5.41, 5.74) is 7.63. The predicted molar refractivity (Wildman–Crippen MR) is 82.5 cm³/mol. The van der Waals surface area contributed by atoms with Gasteiger partial charge in [0.1, 0.15) is 0 Å². The van der Waals surface area contributed by atoms with Crippen molar-refractivity contribution in [2.45, 2.75) is 0 Å². The molecule has 3 rings (SSSR count). The maximum Gasteiger partial charge on any atom is 0.271 e. The maximum absolute atomic E-state index is 10.7. The van der Waals surface area contributed by atoms with Gasteiger partial charge in [0.15, 0.2) is 0 Å². The molecular weight excluding hydrogens is 268 g/mol. The Labute approximate surface area is 120 Å². The van der Waals surface area contributed by atoms with Gasteiger partial charge in [-0.1, -0.05) is 12.1 Å². The quantitative estimate of drug-likeness (QED) is 0.435. The zero-order valence-electron chi connectivity index (χ0n) is 11.0. The number of pyridine rings is 1. The normalized spacial score (nSPS) is 10.5. The second kappa shape index (κ2) is 5.09. The Morgan fingerprint density at radius 2 is 2.00 bits per heavy atom. The fraction of sp³-hybridized carbons (Fsp3) is 0. The number of non-ortho nitro benzene ring substituents is 1. The summed E-state index contributed by atoms with van der Waals surface area (Å²) < 4.78 is 0. The number of anilines is 3. The minimum atomic E-state index is -0.470. The molecule has 0 aliphatic heterocycles. The van der Waals surface area contributed by atoms with Gasteiger partial charge in [0.05, 0.1) is 16.3 Å². The Morgan fingerprint density at radius 1 is 1.14 bits per heavy atom. The summed E-state index contributed by atoms with van der Waals surface area (Å²) in [4.78, 5) is 14.4. The molecule has 6 nitrogen and oxygen atoms in total. The van der Waals surface area contributed by atoms with Gasteiger partial charge in [0, 0.05) is 35.6 Å². The van der Waals surface area contributed by atoms with Crippen molar-refractivity contribution in [3.63, 3.8) is 0 Å². The summed E-state index contributed by atoms with van der Waals surface area (Å²) in [6.07, 6.45) is 3.49. The summed E-state index contributed by atoms with van der Waals surface area (Å²) in [6, 6.07) is 12.1. The van der Waals surface area contributed by atoms with Gasteiger partial charge in [-0.2, -0.15) is 0 Å². The molecule has 1 aromatic heterocycles. The van der Waals surface area contributed by atoms with E-state index in [0.29, 0.717) is 11.4 Å². The summed E-state index contributed by atoms with van der Waals surface area (Å²) in [7, 11) is 0. The largest absolute Gasteiger partial charge is 0.397 e. The van der Waals surface area contributed by atoms with Crippen molar-refractivity contribution in [3.8, 4) is 0 Å². The van der Waals surface area contributed by atoms with Gasteiger partial charge in [0.2, 0.25) is 0 Å². The third-order valence-electron chi connectivity index (χ3n) is 3.20. The molecule has 1 heterocycles. The van der Waals surface area contributed by atoms with Crippen LogP contribution in [0.3, 0.4) is 0 Å². The van der Waals surface area contributed by atoms with Crippen LogP contribution in [0, 0.1) is 10.1 Å². The molecule has 3 aromatic rings. The molecule has 0 spiro atoms. The lowest BCUT2D eigenvalue weighted by Crippen LogP contribution is -1.98. The van der Waals surface area contributed by atoms with Crippen LogP contribution in [0.15, 0.2) is 54.9 Å². The fourth-order valence-electron chi connectivity index (χ4n) is 2.14. The van der Waals surface area contributed by atoms with Crippen molar-refractivity contribution >= 4 is 33.5 Å². The van der Waals surface area contributed by atoms with Crippen molar-refractivity contribution in [1.82, 2.24) is 4.98 Å². The molecule has 0 aliphatic carbocycles. The number of nitro benzene ring substituents is 1. The summed E-state index contributed by atoms with van der Waals surface area (Å²) in [5, 5.41) is 15.9. The highest BCUT2D eigenvalue weighted by Crippen LogP contribution is 2.30. The maximum atomic E-state index is 10.7. The number of nitrogens with zero attached hydrogens (tertiary/aromatic N) is 2. The van der Waals surface area contributed by atoms with Gasteiger partial charge in [-0.15, -0.1) is 0 Å². The van der Waals surface area contributed by atoms with Crippen molar-refractivity contribution < 1.29 is 4.92 Å². The topological polar surface area (TPSA) is 94.1 Å². The van der Waals surface area contributed by atoms with Crippen molar-refractivity contribution in [2.75, 3.05) is 11.1 Å². The standard InChI is InChI=1S/C15H12N4O2/c16-13-8-11(19(20)21)4-5-15(13)18-14-3-1-2-10-6-7-17-9-12(10)14/h1-9,18H,16H2. The predicted octanol–water partition coefficient (Wildman–Crippen LogP) is 3.47. The Kier molecular flexibility index (Phi) is 3.12. The average molecular weight is 280 g/mol. The molecule has 21 heavy (non-hydrogen) atoms. The number of nitrogens with two attached hydrogens (primary N) is 1. The molecule has 0 saturated carbocycles. The van der Waals surface area contributed by atoms with Gasteiger partial charge in [0.25, 0.3) is 5.69 Å². The molecule has 0 aliphatic rings. The zero-order valence-corrected chi connectivity index (χ0v) is 11.0. The van der Waals surface area contributed by atoms with Crippen LogP contribution in [-0.2, 0) is 0 Å². The zero-order chi connectivity index (χ0) is 14.8. The minimum Gasteiger partial charge on any atom is -0.397 e. The molecule has 0 fully saturated rings. The molecule has 0 atom stereocenters. The van der Waals surface area contributed by atoms with Crippen LogP contribution < -0.4 is 11.1 Å². The van der Waals surface area contributed by atoms with Crippen LogP contribution in [0.1, 0.15) is 0 Å². The summed E-state index contributed by atoms with van der Waals surface area (Å²) in [5.74, 6) is 0. The Hall–Kier alpha value is -3.15. The first-order valence-corrected chi connectivity index (χ1v) is 6.29. The molecule has 6 heteroatoms. The Balaban J connectivity index is 2.01. The summed E-state index contributed by atoms with van der Waals surface area (Å²) in [6.45, 7) is 0. The fourth-order valence-corrected chi connectivity index (χ4v) is 2.14. The molecule has 0 saturated heterocycles. The second-order valence-electron chi connectivity index (χ2n) is 4.56. The van der Waals surface area contributed by atoms with Crippen molar-refractivity contribution in [3.05, 3.63) is 65.0 Å². The average Bonchev–Trinajstić information content (AvgIpc) is 2.49. The van der Waals surface area contributed by atoms with Crippen molar-refractivity contribution in [1.29, 1.82) is 0 Å². The van der Waals surface area contributed by atoms with E-state index >= 15 is 0 Å². The lowest BCUT2D eigenvalue weighted by atomic mass is 10.1. The second-order valence-corrected chi connectivity index (χ2v) is 4.56. The van der Waals surface area contributed by atoms with E-state index in [1.165, 1.54) is 12.1 Å². The van der Waals surface area contributed by atoms with Gasteiger partial charge < -0.3 is 11.1 Å². The highest BCUT2D eigenvalue weighted by Gasteiger charge is 2.09.